The summed E-state index contributed by atoms with van der Waals surface area (Å²) < 4.78 is 5.45. The fraction of sp³-hybridized carbons (Fsp3) is 0.429. The number of ether oxygens (including phenoxy) is 1. The largest absolute Gasteiger partial charge is 0.484 e. The van der Waals surface area contributed by atoms with Crippen LogP contribution in [0.4, 0.5) is 0 Å². The van der Waals surface area contributed by atoms with E-state index in [1.807, 2.05) is 25.1 Å². The molecule has 1 saturated carbocycles. The Morgan fingerprint density at radius 2 is 2.05 bits per heavy atom. The molecule has 1 aliphatic rings. The lowest BCUT2D eigenvalue weighted by Gasteiger charge is -2.20. The van der Waals surface area contributed by atoms with E-state index in [1.54, 1.807) is 6.07 Å². The van der Waals surface area contributed by atoms with Crippen LogP contribution in [0.2, 0.25) is 0 Å². The van der Waals surface area contributed by atoms with Crippen molar-refractivity contribution in [2.24, 2.45) is 0 Å². The van der Waals surface area contributed by atoms with Crippen molar-refractivity contribution in [3.8, 4) is 5.75 Å². The highest BCUT2D eigenvalue weighted by atomic mass is 16.5. The second-order valence-electron chi connectivity index (χ2n) is 4.70. The lowest BCUT2D eigenvalue weighted by atomic mass is 10.2. The van der Waals surface area contributed by atoms with E-state index >= 15 is 0 Å². The summed E-state index contributed by atoms with van der Waals surface area (Å²) in [5.74, 6) is -0.605. The molecule has 0 aliphatic heterocycles. The molecule has 0 saturated heterocycles. The Labute approximate surface area is 111 Å². The summed E-state index contributed by atoms with van der Waals surface area (Å²) >= 11 is 0. The fourth-order valence-corrected chi connectivity index (χ4v) is 1.89. The number of para-hydroxylation sites is 1. The SMILES string of the molecule is Cc1ccccc1OCC(=O)N(CC(=O)O)C1CC1. The molecule has 0 aromatic heterocycles. The molecule has 5 heteroatoms. The van der Waals surface area contributed by atoms with Crippen LogP contribution in [-0.4, -0.2) is 41.1 Å². The number of hydrogen-bond acceptors (Lipinski definition) is 3. The first kappa shape index (κ1) is 13.4. The van der Waals surface area contributed by atoms with Gasteiger partial charge in [0.05, 0.1) is 0 Å². The second kappa shape index (κ2) is 5.73. The molecule has 0 atom stereocenters. The number of carboxylic acids is 1. The molecule has 5 nitrogen and oxygen atoms in total. The molecule has 0 heterocycles. The van der Waals surface area contributed by atoms with E-state index in [0.29, 0.717) is 5.75 Å². The number of benzene rings is 1. The predicted octanol–water partition coefficient (Wildman–Crippen LogP) is 1.45. The maximum Gasteiger partial charge on any atom is 0.323 e. The van der Waals surface area contributed by atoms with Gasteiger partial charge in [-0.05, 0) is 31.4 Å². The number of rotatable bonds is 6. The van der Waals surface area contributed by atoms with Gasteiger partial charge < -0.3 is 14.7 Å². The molecular weight excluding hydrogens is 246 g/mol. The van der Waals surface area contributed by atoms with Gasteiger partial charge in [0.1, 0.15) is 12.3 Å². The molecule has 2 rings (SSSR count). The van der Waals surface area contributed by atoms with Crippen molar-refractivity contribution >= 4 is 11.9 Å². The van der Waals surface area contributed by atoms with Crippen molar-refractivity contribution in [3.63, 3.8) is 0 Å². The summed E-state index contributed by atoms with van der Waals surface area (Å²) in [4.78, 5) is 24.1. The van der Waals surface area contributed by atoms with E-state index in [-0.39, 0.29) is 25.1 Å². The van der Waals surface area contributed by atoms with E-state index < -0.39 is 5.97 Å². The van der Waals surface area contributed by atoms with Crippen LogP contribution in [0.15, 0.2) is 24.3 Å². The van der Waals surface area contributed by atoms with E-state index in [9.17, 15) is 9.59 Å². The number of aliphatic carboxylic acids is 1. The summed E-state index contributed by atoms with van der Waals surface area (Å²) in [5.41, 5.74) is 0.950. The van der Waals surface area contributed by atoms with Gasteiger partial charge in [0.2, 0.25) is 0 Å². The van der Waals surface area contributed by atoms with Gasteiger partial charge in [0.15, 0.2) is 6.61 Å². The molecule has 0 spiro atoms. The Balaban J connectivity index is 1.92. The van der Waals surface area contributed by atoms with Gasteiger partial charge in [0, 0.05) is 6.04 Å². The van der Waals surface area contributed by atoms with Gasteiger partial charge in [-0.25, -0.2) is 0 Å². The van der Waals surface area contributed by atoms with Crippen molar-refractivity contribution in [2.75, 3.05) is 13.2 Å². The number of hydrogen-bond donors (Lipinski definition) is 1. The second-order valence-corrected chi connectivity index (χ2v) is 4.70. The topological polar surface area (TPSA) is 66.8 Å². The summed E-state index contributed by atoms with van der Waals surface area (Å²) in [6.45, 7) is 1.53. The Kier molecular flexibility index (Phi) is 4.04. The highest BCUT2D eigenvalue weighted by Gasteiger charge is 2.33. The van der Waals surface area contributed by atoms with Gasteiger partial charge in [-0.1, -0.05) is 18.2 Å². The summed E-state index contributed by atoms with van der Waals surface area (Å²) in [6.07, 6.45) is 1.76. The average Bonchev–Trinajstić information content (AvgIpc) is 3.18. The summed E-state index contributed by atoms with van der Waals surface area (Å²) in [6, 6.07) is 7.49. The molecule has 1 fully saturated rings. The van der Waals surface area contributed by atoms with E-state index in [1.165, 1.54) is 4.90 Å². The fourth-order valence-electron chi connectivity index (χ4n) is 1.89. The minimum Gasteiger partial charge on any atom is -0.484 e. The monoisotopic (exact) mass is 263 g/mol. The van der Waals surface area contributed by atoms with E-state index in [0.717, 1.165) is 18.4 Å². The number of carboxylic acid groups (broad SMARTS) is 1. The van der Waals surface area contributed by atoms with Crippen molar-refractivity contribution in [1.82, 2.24) is 4.90 Å². The lowest BCUT2D eigenvalue weighted by molar-refractivity contribution is -0.145. The molecule has 1 aromatic carbocycles. The van der Waals surface area contributed by atoms with Crippen molar-refractivity contribution in [3.05, 3.63) is 29.8 Å². The normalized spacial score (nSPS) is 13.9. The molecule has 1 N–H and O–H groups in total. The third-order valence-corrected chi connectivity index (χ3v) is 3.06. The zero-order valence-corrected chi connectivity index (χ0v) is 10.8. The lowest BCUT2D eigenvalue weighted by Crippen LogP contribution is -2.40. The number of carbonyl (C=O) groups is 2. The Morgan fingerprint density at radius 3 is 2.63 bits per heavy atom. The van der Waals surface area contributed by atoms with Crippen LogP contribution in [0.5, 0.6) is 5.75 Å². The zero-order valence-electron chi connectivity index (χ0n) is 10.8. The van der Waals surface area contributed by atoms with Gasteiger partial charge in [-0.2, -0.15) is 0 Å². The smallest absolute Gasteiger partial charge is 0.323 e. The zero-order chi connectivity index (χ0) is 13.8. The van der Waals surface area contributed by atoms with Crippen LogP contribution in [0.1, 0.15) is 18.4 Å². The van der Waals surface area contributed by atoms with Crippen molar-refractivity contribution < 1.29 is 19.4 Å². The molecule has 0 bridgehead atoms. The maximum absolute atomic E-state index is 12.0. The molecule has 1 aromatic rings. The Bertz CT molecular complexity index is 482. The van der Waals surface area contributed by atoms with Gasteiger partial charge in [-0.3, -0.25) is 9.59 Å². The highest BCUT2D eigenvalue weighted by Crippen LogP contribution is 2.27. The van der Waals surface area contributed by atoms with Crippen LogP contribution in [0.25, 0.3) is 0 Å². The van der Waals surface area contributed by atoms with Crippen molar-refractivity contribution in [1.29, 1.82) is 0 Å². The first-order valence-electron chi connectivity index (χ1n) is 6.27. The molecular formula is C14H17NO4. The molecule has 102 valence electrons. The van der Waals surface area contributed by atoms with Gasteiger partial charge in [0.25, 0.3) is 5.91 Å². The van der Waals surface area contributed by atoms with Gasteiger partial charge >= 0.3 is 5.97 Å². The maximum atomic E-state index is 12.0. The Hall–Kier alpha value is -2.04. The van der Waals surface area contributed by atoms with E-state index in [4.69, 9.17) is 9.84 Å². The van der Waals surface area contributed by atoms with Crippen LogP contribution in [-0.2, 0) is 9.59 Å². The average molecular weight is 263 g/mol. The molecule has 1 aliphatic carbocycles. The van der Waals surface area contributed by atoms with Gasteiger partial charge in [-0.15, -0.1) is 0 Å². The Morgan fingerprint density at radius 1 is 1.37 bits per heavy atom. The minimum atomic E-state index is -0.990. The van der Waals surface area contributed by atoms with Crippen LogP contribution >= 0.6 is 0 Å². The third-order valence-electron chi connectivity index (χ3n) is 3.06. The third kappa shape index (κ3) is 3.71. The first-order chi connectivity index (χ1) is 9.08. The number of aryl methyl sites for hydroxylation is 1. The van der Waals surface area contributed by atoms with Crippen LogP contribution in [0.3, 0.4) is 0 Å². The molecule has 0 unspecified atom stereocenters. The number of amides is 1. The number of nitrogens with zero attached hydrogens (tertiary/aromatic N) is 1. The van der Waals surface area contributed by atoms with E-state index in [2.05, 4.69) is 0 Å². The quantitative estimate of drug-likeness (QED) is 0.843. The predicted molar refractivity (Wildman–Crippen MR) is 69.0 cm³/mol. The molecule has 1 amide bonds. The first-order valence-corrected chi connectivity index (χ1v) is 6.27. The summed E-state index contributed by atoms with van der Waals surface area (Å²) in [7, 11) is 0. The molecule has 0 radical (unpaired) electrons. The highest BCUT2D eigenvalue weighted by molar-refractivity contribution is 5.83. The van der Waals surface area contributed by atoms with Crippen molar-refractivity contribution in [2.45, 2.75) is 25.8 Å². The standard InChI is InChI=1S/C14H17NO4/c1-10-4-2-3-5-12(10)19-9-13(16)15(8-14(17)18)11-6-7-11/h2-5,11H,6-9H2,1H3,(H,17,18). The molecule has 19 heavy (non-hydrogen) atoms. The summed E-state index contributed by atoms with van der Waals surface area (Å²) in [5, 5.41) is 8.80. The van der Waals surface area contributed by atoms with Crippen LogP contribution < -0.4 is 4.74 Å². The van der Waals surface area contributed by atoms with Crippen LogP contribution in [0, 0.1) is 6.92 Å². The minimum absolute atomic E-state index is 0.0732. The number of carbonyl (C=O) groups excluding carboxylic acids is 1.